The van der Waals surface area contributed by atoms with Crippen molar-refractivity contribution in [3.05, 3.63) is 112 Å². The van der Waals surface area contributed by atoms with Crippen LogP contribution in [0.1, 0.15) is 58.0 Å². The summed E-state index contributed by atoms with van der Waals surface area (Å²) in [6, 6.07) is 29.3. The van der Waals surface area contributed by atoms with Crippen LogP contribution in [0.15, 0.2) is 84.9 Å². The summed E-state index contributed by atoms with van der Waals surface area (Å²) in [5, 5.41) is 0. The van der Waals surface area contributed by atoms with Crippen LogP contribution in [0.4, 0.5) is 17.1 Å². The Morgan fingerprint density at radius 3 is 1.61 bits per heavy atom. The van der Waals surface area contributed by atoms with Crippen LogP contribution in [-0.4, -0.2) is 12.1 Å². The normalized spacial score (nSPS) is 11.1. The zero-order valence-corrected chi connectivity index (χ0v) is 22.9. The van der Waals surface area contributed by atoms with E-state index in [1.807, 2.05) is 19.9 Å². The molecule has 3 nitrogen and oxygen atoms in total. The van der Waals surface area contributed by atoms with Crippen molar-refractivity contribution in [1.82, 2.24) is 0 Å². The van der Waals surface area contributed by atoms with Crippen molar-refractivity contribution in [3.63, 3.8) is 0 Å². The molecule has 1 aliphatic rings. The van der Waals surface area contributed by atoms with Gasteiger partial charge in [0.05, 0.1) is 14.6 Å². The fraction of sp³-hybridized carbons (Fsp3) is 0.152. The molecular formula is C33H31NO2S2. The Morgan fingerprint density at radius 2 is 1.11 bits per heavy atom. The van der Waals surface area contributed by atoms with Crippen LogP contribution < -0.4 is 4.90 Å². The number of thiophene rings is 2. The fourth-order valence-corrected chi connectivity index (χ4v) is 6.72. The number of hydrogen-bond acceptors (Lipinski definition) is 5. The van der Waals surface area contributed by atoms with Gasteiger partial charge in [-0.15, -0.1) is 22.7 Å². The Balaban J connectivity index is 0.00000110. The van der Waals surface area contributed by atoms with Gasteiger partial charge in [0.1, 0.15) is 0 Å². The second-order valence-corrected chi connectivity index (χ2v) is 10.9. The van der Waals surface area contributed by atoms with Gasteiger partial charge < -0.3 is 4.90 Å². The van der Waals surface area contributed by atoms with E-state index in [9.17, 15) is 9.59 Å². The highest BCUT2D eigenvalue weighted by molar-refractivity contribution is 7.25. The lowest BCUT2D eigenvalue weighted by Crippen LogP contribution is -2.09. The van der Waals surface area contributed by atoms with Crippen LogP contribution in [0, 0.1) is 13.8 Å². The van der Waals surface area contributed by atoms with Gasteiger partial charge in [0.2, 0.25) is 0 Å². The van der Waals surface area contributed by atoms with Gasteiger partial charge in [-0.05, 0) is 67.9 Å². The van der Waals surface area contributed by atoms with Crippen molar-refractivity contribution in [2.24, 2.45) is 0 Å². The van der Waals surface area contributed by atoms with Crippen molar-refractivity contribution in [2.45, 2.75) is 35.1 Å². The minimum atomic E-state index is 0. The molecule has 5 aromatic rings. The molecule has 38 heavy (non-hydrogen) atoms. The third-order valence-electron chi connectivity index (χ3n) is 6.29. The molecule has 0 fully saturated rings. The monoisotopic (exact) mass is 537 g/mol. The highest BCUT2D eigenvalue weighted by atomic mass is 32.1. The molecule has 0 bridgehead atoms. The van der Waals surface area contributed by atoms with Crippen molar-refractivity contribution in [3.8, 4) is 20.2 Å². The van der Waals surface area contributed by atoms with Crippen molar-refractivity contribution in [2.75, 3.05) is 4.90 Å². The minimum absolute atomic E-state index is 0. The number of rotatable bonds is 5. The number of ketones is 1. The SMILES string of the molecule is C.CC.Cc1ccc(N(c2ccc(C)cc2)c2ccc(-c3cc4c(s3)-c3sc(C=O)cc3C4=O)cc2)cc1. The molecule has 2 aromatic heterocycles. The maximum Gasteiger partial charge on any atom is 0.196 e. The number of nitrogens with zero attached hydrogens (tertiary/aromatic N) is 1. The number of carbonyl (C=O) groups is 2. The number of anilines is 3. The van der Waals surface area contributed by atoms with Gasteiger partial charge in [0.15, 0.2) is 12.1 Å². The summed E-state index contributed by atoms with van der Waals surface area (Å²) in [7, 11) is 0. The Hall–Kier alpha value is -3.80. The zero-order chi connectivity index (χ0) is 26.1. The number of hydrogen-bond donors (Lipinski definition) is 0. The lowest BCUT2D eigenvalue weighted by atomic mass is 10.1. The molecule has 0 aliphatic heterocycles. The van der Waals surface area contributed by atoms with Gasteiger partial charge in [0, 0.05) is 33.1 Å². The molecule has 0 saturated carbocycles. The molecule has 6 rings (SSSR count). The third-order valence-corrected chi connectivity index (χ3v) is 8.70. The predicted molar refractivity (Wildman–Crippen MR) is 164 cm³/mol. The second kappa shape index (κ2) is 11.3. The van der Waals surface area contributed by atoms with Crippen molar-refractivity contribution < 1.29 is 9.59 Å². The highest BCUT2D eigenvalue weighted by Gasteiger charge is 2.32. The Labute approximate surface area is 233 Å². The maximum absolute atomic E-state index is 12.9. The number of aldehydes is 1. The van der Waals surface area contributed by atoms with Crippen LogP contribution in [0.2, 0.25) is 0 Å². The largest absolute Gasteiger partial charge is 0.311 e. The van der Waals surface area contributed by atoms with Gasteiger partial charge in [-0.3, -0.25) is 9.59 Å². The number of benzene rings is 3. The zero-order valence-electron chi connectivity index (χ0n) is 21.2. The fourth-order valence-electron chi connectivity index (χ4n) is 4.43. The molecule has 192 valence electrons. The van der Waals surface area contributed by atoms with E-state index >= 15 is 0 Å². The average Bonchev–Trinajstić information content (AvgIpc) is 3.62. The predicted octanol–water partition coefficient (Wildman–Crippen LogP) is 10.2. The van der Waals surface area contributed by atoms with Gasteiger partial charge >= 0.3 is 0 Å². The molecule has 0 N–H and O–H groups in total. The van der Waals surface area contributed by atoms with E-state index < -0.39 is 0 Å². The van der Waals surface area contributed by atoms with E-state index in [1.54, 1.807) is 17.4 Å². The number of carbonyl (C=O) groups excluding carboxylic acids is 2. The molecule has 3 aromatic carbocycles. The summed E-state index contributed by atoms with van der Waals surface area (Å²) in [6.07, 6.45) is 0.817. The van der Waals surface area contributed by atoms with E-state index in [1.165, 1.54) is 22.5 Å². The second-order valence-electron chi connectivity index (χ2n) is 8.75. The minimum Gasteiger partial charge on any atom is -0.311 e. The van der Waals surface area contributed by atoms with Crippen molar-refractivity contribution in [1.29, 1.82) is 0 Å². The average molecular weight is 538 g/mol. The van der Waals surface area contributed by atoms with Crippen LogP contribution >= 0.6 is 22.7 Å². The number of aryl methyl sites for hydroxylation is 2. The maximum atomic E-state index is 12.9. The van der Waals surface area contributed by atoms with Crippen molar-refractivity contribution >= 4 is 51.8 Å². The Bertz CT molecular complexity index is 1530. The molecule has 1 aliphatic carbocycles. The first-order valence-corrected chi connectivity index (χ1v) is 14.0. The van der Waals surface area contributed by atoms with E-state index in [-0.39, 0.29) is 13.2 Å². The molecule has 0 spiro atoms. The summed E-state index contributed by atoms with van der Waals surface area (Å²) in [5.41, 5.74) is 8.19. The van der Waals surface area contributed by atoms with E-state index in [0.29, 0.717) is 10.4 Å². The first-order chi connectivity index (χ1) is 18.0. The molecule has 5 heteroatoms. The molecule has 0 atom stereocenters. The highest BCUT2D eigenvalue weighted by Crippen LogP contribution is 2.49. The summed E-state index contributed by atoms with van der Waals surface area (Å²) < 4.78 is 0. The topological polar surface area (TPSA) is 37.4 Å². The molecule has 0 unspecified atom stereocenters. The number of fused-ring (bicyclic) bond motifs is 3. The first-order valence-electron chi connectivity index (χ1n) is 12.3. The van der Waals surface area contributed by atoms with Gasteiger partial charge in [-0.25, -0.2) is 0 Å². The molecule has 0 saturated heterocycles. The van der Waals surface area contributed by atoms with Crippen LogP contribution in [-0.2, 0) is 0 Å². The Morgan fingerprint density at radius 1 is 0.658 bits per heavy atom. The summed E-state index contributed by atoms with van der Waals surface area (Å²) in [5.74, 6) is 0.0170. The van der Waals surface area contributed by atoms with E-state index in [2.05, 4.69) is 91.5 Å². The molecule has 0 amide bonds. The Kier molecular flexibility index (Phi) is 8.10. The third kappa shape index (κ3) is 4.87. The van der Waals surface area contributed by atoms with E-state index in [4.69, 9.17) is 0 Å². The van der Waals surface area contributed by atoms with Gasteiger partial charge in [0.25, 0.3) is 0 Å². The standard InChI is InChI=1S/C30H21NO2S2.C2H6.CH4/c1-18-3-9-21(10-4-18)31(22-11-5-19(2)6-12-22)23-13-7-20(8-14-23)27-16-26-28(33)25-15-24(17-32)34-29(25)30(26)35-27;1-2;/h3-17H,1-2H3;1-2H3;1H4. The lowest BCUT2D eigenvalue weighted by Gasteiger charge is -2.26. The molecule has 2 heterocycles. The molecule has 0 radical (unpaired) electrons. The quantitative estimate of drug-likeness (QED) is 0.205. The van der Waals surface area contributed by atoms with E-state index in [0.717, 1.165) is 49.1 Å². The van der Waals surface area contributed by atoms with Crippen LogP contribution in [0.5, 0.6) is 0 Å². The summed E-state index contributed by atoms with van der Waals surface area (Å²) in [6.45, 7) is 8.19. The lowest BCUT2D eigenvalue weighted by molar-refractivity contribution is 0.104. The smallest absolute Gasteiger partial charge is 0.196 e. The van der Waals surface area contributed by atoms with Gasteiger partial charge in [-0.1, -0.05) is 68.8 Å². The first kappa shape index (κ1) is 27.2. The van der Waals surface area contributed by atoms with Crippen LogP contribution in [0.25, 0.3) is 20.2 Å². The van der Waals surface area contributed by atoms with Gasteiger partial charge in [-0.2, -0.15) is 0 Å². The summed E-state index contributed by atoms with van der Waals surface area (Å²) in [4.78, 5) is 29.8. The van der Waals surface area contributed by atoms with Crippen LogP contribution in [0.3, 0.4) is 0 Å². The summed E-state index contributed by atoms with van der Waals surface area (Å²) >= 11 is 3.01. The molecular weight excluding hydrogens is 507 g/mol.